The Labute approximate surface area is 96.8 Å². The van der Waals surface area contributed by atoms with Crippen molar-refractivity contribution in [3.8, 4) is 0 Å². The zero-order chi connectivity index (χ0) is 12.3. The average Bonchev–Trinajstić information content (AvgIpc) is 2.49. The first-order valence-corrected chi connectivity index (χ1v) is 5.58. The number of thiazole rings is 1. The third-order valence-corrected chi connectivity index (χ3v) is 3.31. The zero-order valence-corrected chi connectivity index (χ0v) is 9.87. The predicted molar refractivity (Wildman–Crippen MR) is 58.7 cm³/mol. The molecule has 0 saturated carbocycles. The molecule has 1 heterocycles. The summed E-state index contributed by atoms with van der Waals surface area (Å²) >= 11 is 1.30. The van der Waals surface area contributed by atoms with Crippen molar-refractivity contribution in [3.63, 3.8) is 0 Å². The standard InChI is InChI=1S/C10H13NO4S/c1-10(2,4-8(14)15)9-11-6(5-16-9)3-7(12)13/h5H,3-4H2,1-2H3,(H,12,13)(H,14,15). The molecule has 0 aliphatic heterocycles. The van der Waals surface area contributed by atoms with Crippen molar-refractivity contribution in [2.24, 2.45) is 0 Å². The van der Waals surface area contributed by atoms with E-state index in [0.717, 1.165) is 0 Å². The number of carbonyl (C=O) groups is 2. The highest BCUT2D eigenvalue weighted by molar-refractivity contribution is 7.09. The molecule has 0 radical (unpaired) electrons. The van der Waals surface area contributed by atoms with Crippen molar-refractivity contribution in [3.05, 3.63) is 16.1 Å². The predicted octanol–water partition coefficient (Wildman–Crippen LogP) is 1.52. The van der Waals surface area contributed by atoms with Crippen molar-refractivity contribution >= 4 is 23.3 Å². The van der Waals surface area contributed by atoms with Crippen LogP contribution < -0.4 is 0 Å². The minimum Gasteiger partial charge on any atom is -0.481 e. The maximum absolute atomic E-state index is 10.7. The van der Waals surface area contributed by atoms with E-state index >= 15 is 0 Å². The molecule has 2 N–H and O–H groups in total. The molecular formula is C10H13NO4S. The molecule has 16 heavy (non-hydrogen) atoms. The van der Waals surface area contributed by atoms with E-state index in [1.165, 1.54) is 11.3 Å². The van der Waals surface area contributed by atoms with Crippen molar-refractivity contribution < 1.29 is 19.8 Å². The maximum atomic E-state index is 10.7. The Kier molecular flexibility index (Phi) is 3.64. The van der Waals surface area contributed by atoms with Gasteiger partial charge in [0, 0.05) is 10.8 Å². The Morgan fingerprint density at radius 2 is 2.00 bits per heavy atom. The first-order chi connectivity index (χ1) is 7.31. The van der Waals surface area contributed by atoms with Gasteiger partial charge >= 0.3 is 11.9 Å². The number of carboxylic acids is 2. The lowest BCUT2D eigenvalue weighted by molar-refractivity contribution is -0.138. The van der Waals surface area contributed by atoms with E-state index in [2.05, 4.69) is 4.98 Å². The smallest absolute Gasteiger partial charge is 0.309 e. The number of aromatic nitrogens is 1. The van der Waals surface area contributed by atoms with Gasteiger partial charge in [0.1, 0.15) is 0 Å². The van der Waals surface area contributed by atoms with Crippen LogP contribution in [0.4, 0.5) is 0 Å². The summed E-state index contributed by atoms with van der Waals surface area (Å²) in [5.41, 5.74) is -0.0845. The molecule has 0 aliphatic rings. The molecule has 0 fully saturated rings. The van der Waals surface area contributed by atoms with E-state index in [1.54, 1.807) is 19.2 Å². The first kappa shape index (κ1) is 12.6. The van der Waals surface area contributed by atoms with Gasteiger partial charge in [-0.2, -0.15) is 0 Å². The minimum absolute atomic E-state index is 0.0208. The first-order valence-electron chi connectivity index (χ1n) is 4.70. The summed E-state index contributed by atoms with van der Waals surface area (Å²) in [5, 5.41) is 19.7. The summed E-state index contributed by atoms with van der Waals surface area (Å²) in [6, 6.07) is 0. The summed E-state index contributed by atoms with van der Waals surface area (Å²) in [7, 11) is 0. The molecule has 0 amide bonds. The van der Waals surface area contributed by atoms with Crippen LogP contribution in [0.25, 0.3) is 0 Å². The topological polar surface area (TPSA) is 87.5 Å². The van der Waals surface area contributed by atoms with E-state index in [9.17, 15) is 9.59 Å². The van der Waals surface area contributed by atoms with Gasteiger partial charge in [-0.1, -0.05) is 13.8 Å². The van der Waals surface area contributed by atoms with Crippen LogP contribution in [0.5, 0.6) is 0 Å². The maximum Gasteiger partial charge on any atom is 0.309 e. The lowest BCUT2D eigenvalue weighted by Crippen LogP contribution is -2.21. The lowest BCUT2D eigenvalue weighted by Gasteiger charge is -2.18. The molecule has 5 nitrogen and oxygen atoms in total. The van der Waals surface area contributed by atoms with Crippen LogP contribution in [0, 0.1) is 0 Å². The van der Waals surface area contributed by atoms with Crippen molar-refractivity contribution in [2.75, 3.05) is 0 Å². The summed E-state index contributed by atoms with van der Waals surface area (Å²) in [6.45, 7) is 3.56. The van der Waals surface area contributed by atoms with Crippen molar-refractivity contribution in [2.45, 2.75) is 32.1 Å². The SMILES string of the molecule is CC(C)(CC(=O)O)c1nc(CC(=O)O)cs1. The highest BCUT2D eigenvalue weighted by Gasteiger charge is 2.27. The minimum atomic E-state index is -0.937. The quantitative estimate of drug-likeness (QED) is 0.818. The van der Waals surface area contributed by atoms with Crippen LogP contribution in [-0.2, 0) is 21.4 Å². The van der Waals surface area contributed by atoms with E-state index in [1.807, 2.05) is 0 Å². The number of carboxylic acid groups (broad SMARTS) is 2. The van der Waals surface area contributed by atoms with Crippen LogP contribution >= 0.6 is 11.3 Å². The normalized spacial score (nSPS) is 11.4. The molecule has 1 aromatic rings. The fourth-order valence-corrected chi connectivity index (χ4v) is 2.25. The molecule has 1 rings (SSSR count). The monoisotopic (exact) mass is 243 g/mol. The second-order valence-electron chi connectivity index (χ2n) is 4.17. The van der Waals surface area contributed by atoms with Crippen molar-refractivity contribution in [1.29, 1.82) is 0 Å². The van der Waals surface area contributed by atoms with Gasteiger partial charge in [-0.3, -0.25) is 9.59 Å². The lowest BCUT2D eigenvalue weighted by atomic mass is 9.90. The molecule has 0 atom stereocenters. The van der Waals surface area contributed by atoms with Crippen molar-refractivity contribution in [1.82, 2.24) is 4.98 Å². The number of aliphatic carboxylic acids is 2. The van der Waals surface area contributed by atoms with Gasteiger partial charge in [-0.25, -0.2) is 4.98 Å². The summed E-state index contributed by atoms with van der Waals surface area (Å²) < 4.78 is 0. The zero-order valence-electron chi connectivity index (χ0n) is 9.06. The van der Waals surface area contributed by atoms with Gasteiger partial charge in [0.25, 0.3) is 0 Å². The highest BCUT2D eigenvalue weighted by Crippen LogP contribution is 2.29. The number of hydrogen-bond donors (Lipinski definition) is 2. The number of rotatable bonds is 5. The fourth-order valence-electron chi connectivity index (χ4n) is 1.31. The molecule has 0 bridgehead atoms. The summed E-state index contributed by atoms with van der Waals surface area (Å²) in [4.78, 5) is 25.3. The molecule has 1 aromatic heterocycles. The van der Waals surface area contributed by atoms with Crippen LogP contribution in [0.15, 0.2) is 5.38 Å². The molecule has 0 aliphatic carbocycles. The fraction of sp³-hybridized carbons (Fsp3) is 0.500. The van der Waals surface area contributed by atoms with Gasteiger partial charge in [0.2, 0.25) is 0 Å². The Balaban J connectivity index is 2.83. The Hall–Kier alpha value is -1.43. The second-order valence-corrected chi connectivity index (χ2v) is 5.03. The van der Waals surface area contributed by atoms with Crippen LogP contribution in [-0.4, -0.2) is 27.1 Å². The van der Waals surface area contributed by atoms with Crippen LogP contribution in [0.2, 0.25) is 0 Å². The Morgan fingerprint density at radius 1 is 1.38 bits per heavy atom. The number of nitrogens with zero attached hydrogens (tertiary/aromatic N) is 1. The van der Waals surface area contributed by atoms with E-state index in [-0.39, 0.29) is 12.8 Å². The third-order valence-electron chi connectivity index (χ3n) is 2.06. The van der Waals surface area contributed by atoms with Gasteiger partial charge in [-0.15, -0.1) is 11.3 Å². The number of hydrogen-bond acceptors (Lipinski definition) is 4. The Bertz CT molecular complexity index is 411. The largest absolute Gasteiger partial charge is 0.481 e. The van der Waals surface area contributed by atoms with Gasteiger partial charge in [-0.05, 0) is 0 Å². The molecule has 0 spiro atoms. The summed E-state index contributed by atoms with van der Waals surface area (Å²) in [6.07, 6.45) is -0.146. The van der Waals surface area contributed by atoms with Crippen LogP contribution in [0.1, 0.15) is 31.0 Å². The third kappa shape index (κ3) is 3.30. The molecule has 88 valence electrons. The molecule has 0 aromatic carbocycles. The van der Waals surface area contributed by atoms with Crippen LogP contribution in [0.3, 0.4) is 0 Å². The molecule has 0 saturated heterocycles. The van der Waals surface area contributed by atoms with Gasteiger partial charge in [0.15, 0.2) is 0 Å². The van der Waals surface area contributed by atoms with E-state index < -0.39 is 17.4 Å². The average molecular weight is 243 g/mol. The van der Waals surface area contributed by atoms with E-state index in [0.29, 0.717) is 10.7 Å². The Morgan fingerprint density at radius 3 is 2.50 bits per heavy atom. The second kappa shape index (κ2) is 4.61. The van der Waals surface area contributed by atoms with E-state index in [4.69, 9.17) is 10.2 Å². The molecule has 0 unspecified atom stereocenters. The van der Waals surface area contributed by atoms with Gasteiger partial charge in [0.05, 0.1) is 23.5 Å². The highest BCUT2D eigenvalue weighted by atomic mass is 32.1. The molecular weight excluding hydrogens is 230 g/mol. The summed E-state index contributed by atoms with van der Waals surface area (Å²) in [5.74, 6) is -1.83. The molecule has 6 heteroatoms. The van der Waals surface area contributed by atoms with Gasteiger partial charge < -0.3 is 10.2 Å².